The molecule has 42 heavy (non-hydrogen) atoms. The lowest BCUT2D eigenvalue weighted by molar-refractivity contribution is -0.191. The Balaban J connectivity index is 1.60. The van der Waals surface area contributed by atoms with Gasteiger partial charge in [-0.1, -0.05) is 23.8 Å². The molecule has 0 saturated carbocycles. The van der Waals surface area contributed by atoms with Gasteiger partial charge in [-0.05, 0) is 25.8 Å². The Bertz CT molecular complexity index is 1520. The highest BCUT2D eigenvalue weighted by molar-refractivity contribution is 8.01. The van der Waals surface area contributed by atoms with Crippen molar-refractivity contribution in [3.05, 3.63) is 32.7 Å². The first-order chi connectivity index (χ1) is 20.0. The van der Waals surface area contributed by atoms with Crippen molar-refractivity contribution in [2.24, 2.45) is 5.16 Å². The first kappa shape index (κ1) is 31.3. The number of thiazole rings is 1. The molecule has 2 aromatic heterocycles. The number of hydrogen-bond acceptors (Lipinski definition) is 15. The van der Waals surface area contributed by atoms with E-state index < -0.39 is 40.3 Å². The number of nitrogens with two attached hydrogens (primary N) is 1. The third kappa shape index (κ3) is 5.68. The fourth-order valence-corrected chi connectivity index (χ4v) is 7.35. The molecule has 0 radical (unpaired) electrons. The summed E-state index contributed by atoms with van der Waals surface area (Å²) < 4.78 is 6.76. The van der Waals surface area contributed by atoms with Crippen LogP contribution in [0.15, 0.2) is 31.8 Å². The van der Waals surface area contributed by atoms with Gasteiger partial charge >= 0.3 is 11.5 Å². The molecule has 4 heterocycles. The fourth-order valence-electron chi connectivity index (χ4n) is 4.17. The molecule has 16 nitrogen and oxygen atoms in total. The minimum Gasteiger partial charge on any atom is -0.488 e. The Hall–Kier alpha value is -3.68. The fraction of sp³-hybridized carbons (Fsp3) is 0.478. The first-order valence-electron chi connectivity index (χ1n) is 12.5. The van der Waals surface area contributed by atoms with Crippen molar-refractivity contribution >= 4 is 63.5 Å². The molecule has 2 aromatic rings. The van der Waals surface area contributed by atoms with Crippen molar-refractivity contribution in [2.75, 3.05) is 31.0 Å². The molecular formula is C23H28N8O8S3. The van der Waals surface area contributed by atoms with E-state index in [9.17, 15) is 29.4 Å². The van der Waals surface area contributed by atoms with Crippen LogP contribution in [0.4, 0.5) is 5.13 Å². The van der Waals surface area contributed by atoms with Crippen LogP contribution in [0.1, 0.15) is 38.9 Å². The molecule has 1 unspecified atom stereocenters. The number of carboxylic acid groups (broad SMARTS) is 1. The van der Waals surface area contributed by atoms with Crippen LogP contribution in [0.2, 0.25) is 0 Å². The zero-order valence-electron chi connectivity index (χ0n) is 22.9. The number of amides is 2. The number of hydrogen-bond donors (Lipinski definition) is 4. The van der Waals surface area contributed by atoms with Crippen LogP contribution in [0.25, 0.3) is 0 Å². The zero-order valence-corrected chi connectivity index (χ0v) is 25.3. The zero-order chi connectivity index (χ0) is 30.8. The molecule has 2 aliphatic heterocycles. The number of anilines is 1. The van der Waals surface area contributed by atoms with Crippen LogP contribution in [-0.4, -0.2) is 94.7 Å². The second kappa shape index (κ2) is 12.7. The molecule has 226 valence electrons. The molecule has 2 aliphatic rings. The predicted octanol–water partition coefficient (Wildman–Crippen LogP) is 0.599. The van der Waals surface area contributed by atoms with Crippen LogP contribution in [0.5, 0.6) is 5.88 Å². The van der Waals surface area contributed by atoms with Gasteiger partial charge in [-0.25, -0.2) is 9.78 Å². The first-order valence-corrected chi connectivity index (χ1v) is 15.4. The van der Waals surface area contributed by atoms with Gasteiger partial charge < -0.3 is 30.8 Å². The SMILES string of the molecule is CCCO/N=C(\C(=O)NC1(OC)C(=O)N2C(C(=O)O)=C(CSc3nnc(O)c(=O)n3C(C)C)CS[C@@H]21)c1csc(N)n1. The van der Waals surface area contributed by atoms with E-state index in [1.807, 2.05) is 6.92 Å². The molecule has 2 atom stereocenters. The van der Waals surface area contributed by atoms with E-state index in [-0.39, 0.29) is 51.5 Å². The standard InChI is InChI=1S/C23H28N8O8S3/c1-5-6-39-29-13(12-9-41-21(24)25-12)15(32)26-23(38-4)19(37)31-14(18(35)36)11(7-40-20(23)31)8-42-22-28-27-16(33)17(34)30(22)10(2)3/h9-10,20H,5-8H2,1-4H3,(H2,24,25)(H,26,32)(H,27,33)(H,35,36)/b29-13-/t20-,23?/m1/s1. The number of carbonyl (C=O) groups excluding carboxylic acids is 2. The highest BCUT2D eigenvalue weighted by atomic mass is 32.2. The number of ether oxygens (including phenoxy) is 1. The van der Waals surface area contributed by atoms with Crippen molar-refractivity contribution < 1.29 is 34.2 Å². The number of fused-ring (bicyclic) bond motifs is 1. The van der Waals surface area contributed by atoms with Gasteiger partial charge in [0, 0.05) is 30.0 Å². The van der Waals surface area contributed by atoms with E-state index in [4.69, 9.17) is 15.3 Å². The van der Waals surface area contributed by atoms with Gasteiger partial charge in [0.05, 0.1) is 0 Å². The molecule has 1 fully saturated rings. The van der Waals surface area contributed by atoms with Crippen molar-refractivity contribution in [1.29, 1.82) is 0 Å². The van der Waals surface area contributed by atoms with E-state index in [0.29, 0.717) is 12.0 Å². The summed E-state index contributed by atoms with van der Waals surface area (Å²) >= 11 is 3.32. The van der Waals surface area contributed by atoms with E-state index in [1.165, 1.54) is 28.8 Å². The largest absolute Gasteiger partial charge is 0.488 e. The molecule has 0 spiro atoms. The molecule has 5 N–H and O–H groups in total. The van der Waals surface area contributed by atoms with Crippen molar-refractivity contribution in [3.8, 4) is 5.88 Å². The number of oxime groups is 1. The highest BCUT2D eigenvalue weighted by Gasteiger charge is 2.67. The summed E-state index contributed by atoms with van der Waals surface area (Å²) in [6, 6.07) is -0.358. The second-order valence-corrected chi connectivity index (χ2v) is 12.1. The Kier molecular flexibility index (Phi) is 9.43. The molecule has 1 saturated heterocycles. The molecule has 4 rings (SSSR count). The number of nitrogens with one attached hydrogen (secondary N) is 1. The summed E-state index contributed by atoms with van der Waals surface area (Å²) in [7, 11) is 1.23. The van der Waals surface area contributed by atoms with Crippen molar-refractivity contribution in [3.63, 3.8) is 0 Å². The lowest BCUT2D eigenvalue weighted by Gasteiger charge is -2.55. The van der Waals surface area contributed by atoms with Gasteiger partial charge in [-0.15, -0.1) is 33.3 Å². The van der Waals surface area contributed by atoms with E-state index in [0.717, 1.165) is 28.0 Å². The van der Waals surface area contributed by atoms with E-state index >= 15 is 0 Å². The number of nitrogen functional groups attached to an aromatic ring is 1. The van der Waals surface area contributed by atoms with Crippen LogP contribution in [0.3, 0.4) is 0 Å². The van der Waals surface area contributed by atoms with Gasteiger partial charge in [0.1, 0.15) is 23.4 Å². The maximum Gasteiger partial charge on any atom is 0.352 e. The summed E-state index contributed by atoms with van der Waals surface area (Å²) in [5.74, 6) is -3.52. The number of thioether (sulfide) groups is 2. The minimum absolute atomic E-state index is 0.0555. The number of aromatic hydroxyl groups is 1. The van der Waals surface area contributed by atoms with E-state index in [1.54, 1.807) is 13.8 Å². The quantitative estimate of drug-likeness (QED) is 0.0623. The van der Waals surface area contributed by atoms with Crippen LogP contribution in [0, 0.1) is 0 Å². The normalized spacial score (nSPS) is 20.4. The second-order valence-electron chi connectivity index (χ2n) is 9.20. The van der Waals surface area contributed by atoms with Crippen LogP contribution in [-0.2, 0) is 24.0 Å². The van der Waals surface area contributed by atoms with E-state index in [2.05, 4.69) is 25.7 Å². The molecule has 0 bridgehead atoms. The number of aliphatic carboxylic acids is 1. The minimum atomic E-state index is -1.89. The number of rotatable bonds is 12. The summed E-state index contributed by atoms with van der Waals surface area (Å²) in [6.07, 6.45) is 0.630. The molecule has 0 aromatic carbocycles. The number of carboxylic acids is 1. The average Bonchev–Trinajstić information content (AvgIpc) is 3.38. The summed E-state index contributed by atoms with van der Waals surface area (Å²) in [4.78, 5) is 62.0. The molecular weight excluding hydrogens is 613 g/mol. The smallest absolute Gasteiger partial charge is 0.352 e. The summed E-state index contributed by atoms with van der Waals surface area (Å²) in [6.45, 7) is 5.54. The monoisotopic (exact) mass is 640 g/mol. The number of β-lactam (4-membered cyclic amide) rings is 1. The highest BCUT2D eigenvalue weighted by Crippen LogP contribution is 2.47. The third-order valence-electron chi connectivity index (χ3n) is 6.10. The van der Waals surface area contributed by atoms with Crippen molar-refractivity contribution in [2.45, 2.75) is 49.5 Å². The Morgan fingerprint density at radius 3 is 2.69 bits per heavy atom. The lowest BCUT2D eigenvalue weighted by atomic mass is 9.98. The van der Waals surface area contributed by atoms with Gasteiger partial charge in [-0.3, -0.25) is 23.9 Å². The topological polar surface area (TPSA) is 224 Å². The van der Waals surface area contributed by atoms with Crippen molar-refractivity contribution in [1.82, 2.24) is 30.0 Å². The Morgan fingerprint density at radius 1 is 1.36 bits per heavy atom. The van der Waals surface area contributed by atoms with Crippen LogP contribution >= 0.6 is 34.9 Å². The Morgan fingerprint density at radius 2 is 2.10 bits per heavy atom. The molecule has 0 aliphatic carbocycles. The maximum atomic E-state index is 13.5. The maximum absolute atomic E-state index is 13.5. The summed E-state index contributed by atoms with van der Waals surface area (Å²) in [5, 5.41) is 34.5. The average molecular weight is 641 g/mol. The van der Waals surface area contributed by atoms with Gasteiger partial charge in [0.15, 0.2) is 16.0 Å². The number of aromatic nitrogens is 4. The molecule has 19 heteroatoms. The number of methoxy groups -OCH3 is 1. The van der Waals surface area contributed by atoms with Crippen LogP contribution < -0.4 is 16.6 Å². The van der Waals surface area contributed by atoms with Gasteiger partial charge in [0.25, 0.3) is 23.4 Å². The number of nitrogens with zero attached hydrogens (tertiary/aromatic N) is 6. The number of carbonyl (C=O) groups is 3. The Labute approximate surface area is 251 Å². The van der Waals surface area contributed by atoms with Gasteiger partial charge in [-0.2, -0.15) is 0 Å². The summed E-state index contributed by atoms with van der Waals surface area (Å²) in [5.41, 5.74) is 3.12. The third-order valence-corrected chi connectivity index (χ3v) is 9.18. The van der Waals surface area contributed by atoms with Gasteiger partial charge in [0.2, 0.25) is 0 Å². The molecule has 2 amide bonds. The lowest BCUT2D eigenvalue weighted by Crippen LogP contribution is -2.81. The predicted molar refractivity (Wildman–Crippen MR) is 154 cm³/mol.